The number of thiazole rings is 1. The van der Waals surface area contributed by atoms with E-state index in [1.807, 2.05) is 13.8 Å². The topological polar surface area (TPSA) is 203 Å². The molecule has 0 aromatic carbocycles. The highest BCUT2D eigenvalue weighted by molar-refractivity contribution is 8.00. The zero-order valence-corrected chi connectivity index (χ0v) is 20.4. The molecule has 2 aliphatic heterocycles. The summed E-state index contributed by atoms with van der Waals surface area (Å²) >= 11 is 2.21. The van der Waals surface area contributed by atoms with E-state index in [0.717, 1.165) is 23.1 Å². The standard InChI is InChI=1S/C19H24N6O8S2/c1-9(2)3-33-24-11(10-4-34-18(22-10)21-8-26)13(27)23-12-14(28)25-5-19(16(29)30,6-32-17(20)31)7-35-15(12)25/h4,8-9,12,15H,3,5-7H2,1-2H3,(H2,20,31)(H,23,27)(H,29,30)(H,21,22,26)/t12?,15-,19?/m1/s1. The molecule has 2 unspecified atom stereocenters. The van der Waals surface area contributed by atoms with Crippen LogP contribution in [0.3, 0.4) is 0 Å². The first-order valence-corrected chi connectivity index (χ1v) is 12.3. The van der Waals surface area contributed by atoms with E-state index in [1.165, 1.54) is 10.3 Å². The maximum Gasteiger partial charge on any atom is 0.404 e. The number of β-lactam (4-membered cyclic amide) rings is 1. The van der Waals surface area contributed by atoms with Gasteiger partial charge in [-0.2, -0.15) is 0 Å². The van der Waals surface area contributed by atoms with E-state index in [2.05, 4.69) is 20.8 Å². The summed E-state index contributed by atoms with van der Waals surface area (Å²) in [5.41, 5.74) is 3.41. The third-order valence-corrected chi connectivity index (χ3v) is 7.44. The average Bonchev–Trinajstić information content (AvgIpc) is 3.26. The summed E-state index contributed by atoms with van der Waals surface area (Å²) in [4.78, 5) is 70.0. The number of thioether (sulfide) groups is 1. The highest BCUT2D eigenvalue weighted by Gasteiger charge is 2.58. The second-order valence-electron chi connectivity index (χ2n) is 8.24. The van der Waals surface area contributed by atoms with Crippen molar-refractivity contribution in [2.45, 2.75) is 25.3 Å². The molecule has 2 aliphatic rings. The number of hydrogen-bond acceptors (Lipinski definition) is 11. The van der Waals surface area contributed by atoms with Crippen LogP contribution in [-0.4, -0.2) is 87.9 Å². The van der Waals surface area contributed by atoms with Gasteiger partial charge >= 0.3 is 12.1 Å². The summed E-state index contributed by atoms with van der Waals surface area (Å²) in [6, 6.07) is -0.933. The van der Waals surface area contributed by atoms with E-state index in [9.17, 15) is 29.1 Å². The second kappa shape index (κ2) is 10.9. The molecule has 35 heavy (non-hydrogen) atoms. The van der Waals surface area contributed by atoms with E-state index < -0.39 is 47.3 Å². The van der Waals surface area contributed by atoms with Gasteiger partial charge in [0.2, 0.25) is 12.3 Å². The number of nitrogens with two attached hydrogens (primary N) is 1. The molecular formula is C19H24N6O8S2. The van der Waals surface area contributed by atoms with Crippen LogP contribution in [-0.2, 0) is 28.8 Å². The second-order valence-corrected chi connectivity index (χ2v) is 10.2. The van der Waals surface area contributed by atoms with Crippen molar-refractivity contribution < 1.29 is 38.7 Å². The van der Waals surface area contributed by atoms with E-state index in [0.29, 0.717) is 6.41 Å². The fourth-order valence-electron chi connectivity index (χ4n) is 3.28. The number of nitrogens with one attached hydrogen (secondary N) is 2. The lowest BCUT2D eigenvalue weighted by Crippen LogP contribution is -2.74. The first kappa shape index (κ1) is 26.2. The first-order valence-electron chi connectivity index (χ1n) is 10.3. The maximum absolute atomic E-state index is 13.0. The highest BCUT2D eigenvalue weighted by Crippen LogP contribution is 2.42. The predicted molar refractivity (Wildman–Crippen MR) is 125 cm³/mol. The Kier molecular flexibility index (Phi) is 8.16. The summed E-state index contributed by atoms with van der Waals surface area (Å²) in [6.45, 7) is 3.35. The van der Waals surface area contributed by atoms with Gasteiger partial charge in [0.05, 0.1) is 0 Å². The molecule has 3 heterocycles. The summed E-state index contributed by atoms with van der Waals surface area (Å²) < 4.78 is 4.71. The number of aliphatic carboxylic acids is 1. The number of oxime groups is 1. The molecule has 0 bridgehead atoms. The van der Waals surface area contributed by atoms with Crippen LogP contribution in [0.2, 0.25) is 0 Å². The Labute approximate surface area is 207 Å². The van der Waals surface area contributed by atoms with Crippen LogP contribution >= 0.6 is 23.1 Å². The number of amides is 4. The third-order valence-electron chi connectivity index (χ3n) is 5.08. The van der Waals surface area contributed by atoms with Gasteiger partial charge in [0, 0.05) is 17.7 Å². The molecule has 2 fully saturated rings. The number of primary amides is 1. The third kappa shape index (κ3) is 5.82. The van der Waals surface area contributed by atoms with Gasteiger partial charge in [0.25, 0.3) is 5.91 Å². The molecule has 16 heteroatoms. The lowest BCUT2D eigenvalue weighted by atomic mass is 9.88. The molecule has 4 amide bonds. The van der Waals surface area contributed by atoms with Gasteiger partial charge in [-0.25, -0.2) is 9.78 Å². The van der Waals surface area contributed by atoms with Crippen LogP contribution in [0.1, 0.15) is 19.5 Å². The number of carbonyl (C=O) groups is 5. The lowest BCUT2D eigenvalue weighted by molar-refractivity contribution is -0.160. The van der Waals surface area contributed by atoms with E-state index in [1.54, 1.807) is 0 Å². The fourth-order valence-corrected chi connectivity index (χ4v) is 5.46. The number of carboxylic acid groups (broad SMARTS) is 1. The van der Waals surface area contributed by atoms with Crippen molar-refractivity contribution in [3.63, 3.8) is 0 Å². The van der Waals surface area contributed by atoms with Crippen molar-refractivity contribution in [1.82, 2.24) is 15.2 Å². The van der Waals surface area contributed by atoms with Crippen molar-refractivity contribution in [2.24, 2.45) is 22.2 Å². The number of aromatic nitrogens is 1. The number of ether oxygens (including phenoxy) is 1. The number of carbonyl (C=O) groups excluding carboxylic acids is 4. The Hall–Kier alpha value is -3.40. The van der Waals surface area contributed by atoms with Crippen LogP contribution in [0.4, 0.5) is 9.93 Å². The Morgan fingerprint density at radius 1 is 1.46 bits per heavy atom. The molecule has 1 aromatic rings. The van der Waals surface area contributed by atoms with Crippen molar-refractivity contribution >= 4 is 64.2 Å². The minimum atomic E-state index is -1.51. The van der Waals surface area contributed by atoms with Crippen LogP contribution in [0, 0.1) is 11.3 Å². The molecule has 190 valence electrons. The zero-order chi connectivity index (χ0) is 25.8. The highest BCUT2D eigenvalue weighted by atomic mass is 32.2. The number of anilines is 1. The van der Waals surface area contributed by atoms with Crippen molar-refractivity contribution in [3.05, 3.63) is 11.1 Å². The minimum Gasteiger partial charge on any atom is -0.481 e. The molecule has 0 spiro atoms. The van der Waals surface area contributed by atoms with E-state index >= 15 is 0 Å². The lowest BCUT2D eigenvalue weighted by Gasteiger charge is -2.53. The molecule has 0 aliphatic carbocycles. The van der Waals surface area contributed by atoms with Gasteiger partial charge in [0.15, 0.2) is 10.8 Å². The summed E-state index contributed by atoms with van der Waals surface area (Å²) in [5.74, 6) is -2.28. The Bertz CT molecular complexity index is 1050. The minimum absolute atomic E-state index is 0.0295. The predicted octanol–water partition coefficient (Wildman–Crippen LogP) is -0.346. The normalized spacial score (nSPS) is 23.7. The van der Waals surface area contributed by atoms with Gasteiger partial charge in [-0.05, 0) is 5.92 Å². The Balaban J connectivity index is 1.72. The van der Waals surface area contributed by atoms with E-state index in [4.69, 9.17) is 15.3 Å². The van der Waals surface area contributed by atoms with Crippen molar-refractivity contribution in [3.8, 4) is 0 Å². The van der Waals surface area contributed by atoms with Gasteiger partial charge < -0.3 is 35.9 Å². The summed E-state index contributed by atoms with van der Waals surface area (Å²) in [7, 11) is 0. The summed E-state index contributed by atoms with van der Waals surface area (Å²) in [6.07, 6.45) is -0.666. The Morgan fingerprint density at radius 3 is 2.83 bits per heavy atom. The molecule has 2 saturated heterocycles. The monoisotopic (exact) mass is 528 g/mol. The number of carboxylic acids is 1. The Morgan fingerprint density at radius 2 is 2.20 bits per heavy atom. The molecule has 0 radical (unpaired) electrons. The number of hydrogen-bond donors (Lipinski definition) is 4. The summed E-state index contributed by atoms with van der Waals surface area (Å²) in [5, 5.41) is 19.8. The number of fused-ring (bicyclic) bond motifs is 1. The maximum atomic E-state index is 13.0. The SMILES string of the molecule is CC(C)CON=C(C(=O)NC1C(=O)N2CC(COC(N)=O)(C(=O)O)CS[C@H]12)c1csc(NC=O)n1. The van der Waals surface area contributed by atoms with Gasteiger partial charge in [-0.3, -0.25) is 19.2 Å². The largest absolute Gasteiger partial charge is 0.481 e. The van der Waals surface area contributed by atoms with Crippen LogP contribution < -0.4 is 16.4 Å². The molecule has 5 N–H and O–H groups in total. The molecular weight excluding hydrogens is 504 g/mol. The van der Waals surface area contributed by atoms with Gasteiger partial charge in [0.1, 0.15) is 35.7 Å². The van der Waals surface area contributed by atoms with Crippen LogP contribution in [0.5, 0.6) is 0 Å². The van der Waals surface area contributed by atoms with Gasteiger partial charge in [-0.15, -0.1) is 23.1 Å². The van der Waals surface area contributed by atoms with E-state index in [-0.39, 0.29) is 41.4 Å². The molecule has 0 saturated carbocycles. The number of rotatable bonds is 11. The molecule has 3 rings (SSSR count). The molecule has 3 atom stereocenters. The molecule has 14 nitrogen and oxygen atoms in total. The van der Waals surface area contributed by atoms with Crippen LogP contribution in [0.15, 0.2) is 10.5 Å². The average molecular weight is 529 g/mol. The first-order chi connectivity index (χ1) is 16.6. The fraction of sp³-hybridized carbons (Fsp3) is 0.526. The van der Waals surface area contributed by atoms with Crippen molar-refractivity contribution in [1.29, 1.82) is 0 Å². The van der Waals surface area contributed by atoms with Gasteiger partial charge in [-0.1, -0.05) is 19.0 Å². The molecule has 1 aromatic heterocycles. The number of nitrogens with zero attached hydrogens (tertiary/aromatic N) is 3. The smallest absolute Gasteiger partial charge is 0.404 e. The van der Waals surface area contributed by atoms with Crippen molar-refractivity contribution in [2.75, 3.05) is 30.8 Å². The van der Waals surface area contributed by atoms with Crippen LogP contribution in [0.25, 0.3) is 0 Å². The quantitative estimate of drug-likeness (QED) is 0.127. The zero-order valence-electron chi connectivity index (χ0n) is 18.8.